The van der Waals surface area contributed by atoms with E-state index in [0.717, 1.165) is 48.5 Å². The predicted molar refractivity (Wildman–Crippen MR) is 137 cm³/mol. The molecule has 0 aliphatic carbocycles. The molecular weight excluding hydrogens is 461 g/mol. The van der Waals surface area contributed by atoms with E-state index in [9.17, 15) is 9.32 Å². The van der Waals surface area contributed by atoms with Gasteiger partial charge in [0.1, 0.15) is 4.75 Å². The van der Waals surface area contributed by atoms with Crippen LogP contribution in [0.15, 0.2) is 26.6 Å². The summed E-state index contributed by atoms with van der Waals surface area (Å²) < 4.78 is 12.0. The molecule has 0 unspecified atom stereocenters. The Bertz CT molecular complexity index is 740. The van der Waals surface area contributed by atoms with E-state index < -0.39 is 10.7 Å². The van der Waals surface area contributed by atoms with E-state index in [-0.39, 0.29) is 0 Å². The van der Waals surface area contributed by atoms with E-state index in [4.69, 9.17) is 0 Å². The second-order valence-corrected chi connectivity index (χ2v) is 11.4. The van der Waals surface area contributed by atoms with Gasteiger partial charge >= 0.3 is 5.97 Å². The average molecular weight is 502 g/mol. The Morgan fingerprint density at radius 2 is 2.06 bits per heavy atom. The molecule has 1 aromatic heterocycles. The minimum absolute atomic E-state index is 0.718. The lowest BCUT2D eigenvalue weighted by Crippen LogP contribution is -2.38. The first-order chi connectivity index (χ1) is 15.7. The number of carbonyl (C=O) groups excluding carboxylic acids is 1. The van der Waals surface area contributed by atoms with Crippen molar-refractivity contribution in [2.75, 3.05) is 40.4 Å². The van der Waals surface area contributed by atoms with Crippen molar-refractivity contribution >= 4 is 35.8 Å². The highest BCUT2D eigenvalue weighted by atomic mass is 32.2. The average Bonchev–Trinajstić information content (AvgIpc) is 3.21. The maximum Gasteiger partial charge on any atom is 0.364 e. The molecule has 0 amide bonds. The quantitative estimate of drug-likeness (QED) is 0.133. The number of aromatic nitrogens is 1. The predicted octanol–water partition coefficient (Wildman–Crippen LogP) is 4.91. The molecule has 0 saturated heterocycles. The van der Waals surface area contributed by atoms with E-state index in [1.807, 2.05) is 24.4 Å². The van der Waals surface area contributed by atoms with Crippen LogP contribution >= 0.6 is 23.1 Å². The van der Waals surface area contributed by atoms with E-state index in [0.29, 0.717) is 0 Å². The third-order valence-electron chi connectivity index (χ3n) is 5.15. The fraction of sp³-hybridized carbons (Fsp3) is 0.696. The Morgan fingerprint density at radius 1 is 1.33 bits per heavy atom. The number of nitrogens with one attached hydrogen (secondary N) is 1. The van der Waals surface area contributed by atoms with Crippen molar-refractivity contribution in [1.82, 2.24) is 20.1 Å². The molecule has 33 heavy (non-hydrogen) atoms. The number of rotatable bonds is 18. The van der Waals surface area contributed by atoms with Crippen molar-refractivity contribution in [1.29, 1.82) is 0 Å². The van der Waals surface area contributed by atoms with Gasteiger partial charge in [-0.25, -0.2) is 9.78 Å². The number of likely N-dealkylation sites (N-methyl/N-ethyl adjacent to an activating group) is 1. The van der Waals surface area contributed by atoms with Crippen LogP contribution in [-0.4, -0.2) is 72.6 Å². The molecule has 0 radical (unpaired) electrons. The first-order valence-electron chi connectivity index (χ1n) is 11.4. The third-order valence-corrected chi connectivity index (χ3v) is 7.32. The van der Waals surface area contributed by atoms with Crippen LogP contribution < -0.4 is 5.32 Å². The Kier molecular flexibility index (Phi) is 14.5. The highest BCUT2D eigenvalue weighted by Gasteiger charge is 2.33. The molecule has 188 valence electrons. The van der Waals surface area contributed by atoms with Crippen LogP contribution in [0.5, 0.6) is 0 Å². The van der Waals surface area contributed by atoms with Gasteiger partial charge in [0.25, 0.3) is 0 Å². The fourth-order valence-corrected chi connectivity index (χ4v) is 5.30. The van der Waals surface area contributed by atoms with Crippen molar-refractivity contribution in [3.05, 3.63) is 23.0 Å². The number of halogens is 1. The standard InChI is InChI=1S/C23H40FN5O2S2/c1-7-8-9-10-11-13-29(18-26-16-20(15-25-4)28(5)6)14-12-19-17-32-22(27-19)33-23(2,3)21(30)31-24/h15,17,26H,4,7-14,16,18H2,1-3,5-6H3/b20-15+. The number of hydrogen-bond acceptors (Lipinski definition) is 9. The molecule has 1 aromatic rings. The van der Waals surface area contributed by atoms with Gasteiger partial charge in [-0.05, 0) is 33.5 Å². The van der Waals surface area contributed by atoms with Crippen LogP contribution in [0.2, 0.25) is 0 Å². The molecule has 7 nitrogen and oxygen atoms in total. The number of nitrogens with zero attached hydrogens (tertiary/aromatic N) is 4. The molecule has 0 fully saturated rings. The Labute approximate surface area is 206 Å². The third kappa shape index (κ3) is 12.0. The lowest BCUT2D eigenvalue weighted by atomic mass is 10.1. The van der Waals surface area contributed by atoms with Gasteiger partial charge in [-0.15, -0.1) is 11.3 Å². The van der Waals surface area contributed by atoms with Gasteiger partial charge in [0, 0.05) is 62.1 Å². The molecule has 0 saturated carbocycles. The van der Waals surface area contributed by atoms with Gasteiger partial charge in [0.2, 0.25) is 0 Å². The van der Waals surface area contributed by atoms with Crippen LogP contribution in [0.4, 0.5) is 4.53 Å². The van der Waals surface area contributed by atoms with Crippen molar-refractivity contribution < 1.29 is 14.3 Å². The van der Waals surface area contributed by atoms with Crippen LogP contribution in [0.25, 0.3) is 0 Å². The monoisotopic (exact) mass is 501 g/mol. The minimum atomic E-state index is -1.02. The molecule has 0 bridgehead atoms. The van der Waals surface area contributed by atoms with E-state index in [2.05, 4.69) is 38.8 Å². The summed E-state index contributed by atoms with van der Waals surface area (Å²) in [5.41, 5.74) is 2.05. The zero-order valence-electron chi connectivity index (χ0n) is 20.7. The van der Waals surface area contributed by atoms with Gasteiger partial charge < -0.3 is 4.90 Å². The fourth-order valence-electron chi connectivity index (χ4n) is 3.05. The molecule has 1 heterocycles. The first kappa shape index (κ1) is 29.5. The first-order valence-corrected chi connectivity index (χ1v) is 13.1. The summed E-state index contributed by atoms with van der Waals surface area (Å²) in [6.07, 6.45) is 8.81. The molecule has 0 aliphatic rings. The van der Waals surface area contributed by atoms with Crippen molar-refractivity contribution in [2.24, 2.45) is 4.99 Å². The van der Waals surface area contributed by atoms with Crippen LogP contribution in [0.3, 0.4) is 0 Å². The van der Waals surface area contributed by atoms with Gasteiger partial charge in [-0.2, -0.15) is 0 Å². The number of thiazole rings is 1. The Morgan fingerprint density at radius 3 is 2.70 bits per heavy atom. The highest BCUT2D eigenvalue weighted by molar-refractivity contribution is 8.03. The second-order valence-electron chi connectivity index (χ2n) is 8.65. The molecule has 0 aromatic carbocycles. The summed E-state index contributed by atoms with van der Waals surface area (Å²) in [4.78, 5) is 28.0. The van der Waals surface area contributed by atoms with Crippen LogP contribution in [-0.2, 0) is 16.2 Å². The molecule has 1 N–H and O–H groups in total. The summed E-state index contributed by atoms with van der Waals surface area (Å²) in [6, 6.07) is 0. The van der Waals surface area contributed by atoms with Gasteiger partial charge in [0.15, 0.2) is 4.34 Å². The Balaban J connectivity index is 2.63. The number of hydrogen-bond donors (Lipinski definition) is 1. The molecule has 0 aliphatic heterocycles. The summed E-state index contributed by atoms with van der Waals surface area (Å²) in [5.74, 6) is -0.901. The number of aliphatic imine (C=N–C) groups is 1. The molecule has 1 rings (SSSR count). The van der Waals surface area contributed by atoms with Crippen molar-refractivity contribution in [2.45, 2.75) is 68.4 Å². The molecule has 10 heteroatoms. The smallest absolute Gasteiger partial charge is 0.364 e. The maximum atomic E-state index is 12.3. The zero-order chi connectivity index (χ0) is 24.7. The normalized spacial score (nSPS) is 12.3. The van der Waals surface area contributed by atoms with Crippen LogP contribution in [0.1, 0.15) is 58.6 Å². The molecule has 0 spiro atoms. The van der Waals surface area contributed by atoms with Gasteiger partial charge in [0.05, 0.1) is 5.69 Å². The summed E-state index contributed by atoms with van der Waals surface area (Å²) in [5, 5.41) is 5.52. The maximum absolute atomic E-state index is 12.3. The van der Waals surface area contributed by atoms with Crippen molar-refractivity contribution in [3.63, 3.8) is 0 Å². The second kappa shape index (κ2) is 16.2. The lowest BCUT2D eigenvalue weighted by molar-refractivity contribution is -0.185. The lowest BCUT2D eigenvalue weighted by Gasteiger charge is -2.24. The van der Waals surface area contributed by atoms with Crippen LogP contribution in [0, 0.1) is 0 Å². The molecular formula is C23H40FN5O2S2. The van der Waals surface area contributed by atoms with E-state index >= 15 is 0 Å². The van der Waals surface area contributed by atoms with Gasteiger partial charge in [-0.3, -0.25) is 20.2 Å². The summed E-state index contributed by atoms with van der Waals surface area (Å²) >= 11 is 2.69. The largest absolute Gasteiger partial charge is 0.379 e. The highest BCUT2D eigenvalue weighted by Crippen LogP contribution is 2.35. The zero-order valence-corrected chi connectivity index (χ0v) is 22.4. The summed E-state index contributed by atoms with van der Waals surface area (Å²) in [6.45, 7) is 12.4. The summed E-state index contributed by atoms with van der Waals surface area (Å²) in [7, 11) is 3.99. The minimum Gasteiger partial charge on any atom is -0.379 e. The Hall–Kier alpha value is -1.49. The van der Waals surface area contributed by atoms with E-state index in [1.54, 1.807) is 20.0 Å². The van der Waals surface area contributed by atoms with Crippen molar-refractivity contribution in [3.8, 4) is 0 Å². The number of thioether (sulfide) groups is 1. The molecule has 0 atom stereocenters. The van der Waals surface area contributed by atoms with E-state index in [1.165, 1.54) is 55.2 Å². The topological polar surface area (TPSA) is 70.1 Å². The number of carbonyl (C=O) groups is 1. The number of unbranched alkanes of at least 4 members (excludes halogenated alkanes) is 4. The van der Waals surface area contributed by atoms with Gasteiger partial charge in [-0.1, -0.05) is 44.4 Å². The SMILES string of the molecule is C=N/C=C(\CNCN(CCCCCCC)CCc1csc(SC(C)(C)C(=O)OF)n1)N(C)C.